The van der Waals surface area contributed by atoms with Crippen LogP contribution in [-0.2, 0) is 6.42 Å². The standard InChI is InChI=1S/C27H29N5O5/c33-16-20(34)17-37-21-10-12-28-25(14-21)30-27(36)32-19-11-13-31(15-19)23-8-7-22(29-26(23)32)24(35)9-6-18-4-2-1-3-5-18/h1-5,7-8,10,12,14,19-20,33-34H,6,9,11,13,15-17H2,(H,28,30,36)/t19-,20+/m0/s1. The summed E-state index contributed by atoms with van der Waals surface area (Å²) in [4.78, 5) is 39.1. The zero-order valence-corrected chi connectivity index (χ0v) is 20.3. The third-order valence-electron chi connectivity index (χ3n) is 6.56. The number of ketones is 1. The lowest BCUT2D eigenvalue weighted by molar-refractivity contribution is 0.0536. The number of carbonyl (C=O) groups excluding carboxylic acids is 2. The number of nitrogens with one attached hydrogen (secondary N) is 1. The van der Waals surface area contributed by atoms with Gasteiger partial charge in [0.05, 0.1) is 18.3 Å². The molecule has 5 rings (SSSR count). The second kappa shape index (κ2) is 10.9. The average molecular weight is 504 g/mol. The number of amides is 2. The number of aliphatic hydroxyl groups excluding tert-OH is 2. The molecule has 1 aromatic carbocycles. The number of urea groups is 1. The number of aryl methyl sites for hydroxylation is 1. The number of hydrogen-bond donors (Lipinski definition) is 3. The molecule has 10 heteroatoms. The van der Waals surface area contributed by atoms with Crippen LogP contribution >= 0.6 is 0 Å². The number of rotatable bonds is 9. The van der Waals surface area contributed by atoms with Crippen LogP contribution in [0.2, 0.25) is 0 Å². The molecule has 192 valence electrons. The van der Waals surface area contributed by atoms with Gasteiger partial charge in [0.2, 0.25) is 0 Å². The number of fused-ring (bicyclic) bond motifs is 4. The largest absolute Gasteiger partial charge is 0.491 e. The van der Waals surface area contributed by atoms with Gasteiger partial charge in [-0.3, -0.25) is 15.0 Å². The molecule has 0 unspecified atom stereocenters. The number of ether oxygens (including phenoxy) is 1. The molecule has 2 atom stereocenters. The van der Waals surface area contributed by atoms with E-state index in [0.717, 1.165) is 24.2 Å². The second-order valence-corrected chi connectivity index (χ2v) is 9.16. The summed E-state index contributed by atoms with van der Waals surface area (Å²) in [6.07, 6.45) is 2.22. The Balaban J connectivity index is 1.33. The maximum Gasteiger partial charge on any atom is 0.329 e. The van der Waals surface area contributed by atoms with Crippen LogP contribution < -0.4 is 19.9 Å². The van der Waals surface area contributed by atoms with Crippen LogP contribution in [0, 0.1) is 0 Å². The summed E-state index contributed by atoms with van der Waals surface area (Å²) in [5.74, 6) is 1.07. The van der Waals surface area contributed by atoms with E-state index in [0.29, 0.717) is 36.6 Å². The minimum Gasteiger partial charge on any atom is -0.491 e. The van der Waals surface area contributed by atoms with Gasteiger partial charge in [-0.2, -0.15) is 0 Å². The van der Waals surface area contributed by atoms with Crippen LogP contribution in [0.25, 0.3) is 0 Å². The molecule has 0 spiro atoms. The molecule has 2 aliphatic rings. The third-order valence-corrected chi connectivity index (χ3v) is 6.56. The van der Waals surface area contributed by atoms with Gasteiger partial charge in [-0.15, -0.1) is 0 Å². The summed E-state index contributed by atoms with van der Waals surface area (Å²) in [7, 11) is 0. The first-order valence-electron chi connectivity index (χ1n) is 12.3. The van der Waals surface area contributed by atoms with Crippen LogP contribution in [-0.4, -0.2) is 70.4 Å². The number of pyridine rings is 2. The Morgan fingerprint density at radius 3 is 2.81 bits per heavy atom. The predicted octanol–water partition coefficient (Wildman–Crippen LogP) is 2.65. The maximum atomic E-state index is 13.5. The van der Waals surface area contributed by atoms with Crippen molar-refractivity contribution >= 4 is 29.1 Å². The summed E-state index contributed by atoms with van der Waals surface area (Å²) >= 11 is 0. The Morgan fingerprint density at radius 2 is 2.00 bits per heavy atom. The molecular formula is C27H29N5O5. The van der Waals surface area contributed by atoms with Crippen molar-refractivity contribution in [3.63, 3.8) is 0 Å². The molecule has 2 amide bonds. The lowest BCUT2D eigenvalue weighted by Gasteiger charge is -2.35. The van der Waals surface area contributed by atoms with Crippen molar-refractivity contribution in [1.29, 1.82) is 0 Å². The molecule has 2 aliphatic heterocycles. The monoisotopic (exact) mass is 503 g/mol. The molecule has 3 N–H and O–H groups in total. The summed E-state index contributed by atoms with van der Waals surface area (Å²) in [6, 6.07) is 16.1. The molecule has 2 bridgehead atoms. The Morgan fingerprint density at radius 1 is 1.16 bits per heavy atom. The Bertz CT molecular complexity index is 1270. The van der Waals surface area contributed by atoms with Gasteiger partial charge in [-0.05, 0) is 36.6 Å². The molecule has 37 heavy (non-hydrogen) atoms. The molecule has 3 aromatic rings. The summed E-state index contributed by atoms with van der Waals surface area (Å²) in [6.45, 7) is 1.000. The summed E-state index contributed by atoms with van der Waals surface area (Å²) < 4.78 is 5.46. The van der Waals surface area contributed by atoms with Crippen molar-refractivity contribution in [2.45, 2.75) is 31.4 Å². The van der Waals surface area contributed by atoms with Crippen LogP contribution in [0.15, 0.2) is 60.8 Å². The maximum absolute atomic E-state index is 13.5. The van der Waals surface area contributed by atoms with Crippen LogP contribution in [0.3, 0.4) is 0 Å². The molecule has 1 fully saturated rings. The first-order valence-corrected chi connectivity index (χ1v) is 12.3. The van der Waals surface area contributed by atoms with Crippen LogP contribution in [0.1, 0.15) is 28.9 Å². The van der Waals surface area contributed by atoms with Crippen LogP contribution in [0.4, 0.5) is 22.1 Å². The number of Topliss-reactive ketones (excluding diaryl/α,β-unsaturated/α-hetero) is 1. The lowest BCUT2D eigenvalue weighted by atomic mass is 10.1. The highest BCUT2D eigenvalue weighted by Gasteiger charge is 2.40. The molecular weight excluding hydrogens is 474 g/mol. The van der Waals surface area contributed by atoms with E-state index in [1.807, 2.05) is 36.4 Å². The zero-order valence-electron chi connectivity index (χ0n) is 20.3. The fourth-order valence-corrected chi connectivity index (χ4v) is 4.64. The van der Waals surface area contributed by atoms with Crippen molar-refractivity contribution in [1.82, 2.24) is 9.97 Å². The fourth-order valence-electron chi connectivity index (χ4n) is 4.64. The first kappa shape index (κ1) is 24.7. The van der Waals surface area contributed by atoms with Crippen molar-refractivity contribution in [3.05, 3.63) is 72.1 Å². The minimum absolute atomic E-state index is 0.0727. The normalized spacial score (nSPS) is 16.8. The van der Waals surface area contributed by atoms with E-state index in [-0.39, 0.29) is 24.2 Å². The molecule has 1 saturated heterocycles. The molecule has 2 aromatic heterocycles. The number of anilines is 3. The quantitative estimate of drug-likeness (QED) is 0.380. The number of nitrogens with zero attached hydrogens (tertiary/aromatic N) is 4. The number of benzene rings is 1. The Kier molecular flexibility index (Phi) is 7.29. The smallest absolute Gasteiger partial charge is 0.329 e. The summed E-state index contributed by atoms with van der Waals surface area (Å²) in [5, 5.41) is 21.3. The number of aromatic nitrogens is 2. The van der Waals surface area contributed by atoms with Crippen molar-refractivity contribution in [2.24, 2.45) is 0 Å². The van der Waals surface area contributed by atoms with Gasteiger partial charge in [-0.1, -0.05) is 30.3 Å². The van der Waals surface area contributed by atoms with E-state index in [4.69, 9.17) is 9.84 Å². The Hall–Kier alpha value is -4.02. The van der Waals surface area contributed by atoms with Gasteiger partial charge in [0.1, 0.15) is 30.0 Å². The van der Waals surface area contributed by atoms with Gasteiger partial charge in [-0.25, -0.2) is 14.8 Å². The van der Waals surface area contributed by atoms with E-state index in [1.165, 1.54) is 6.20 Å². The minimum atomic E-state index is -1.00. The van der Waals surface area contributed by atoms with E-state index < -0.39 is 18.7 Å². The van der Waals surface area contributed by atoms with E-state index in [2.05, 4.69) is 20.2 Å². The predicted molar refractivity (Wildman–Crippen MR) is 138 cm³/mol. The van der Waals surface area contributed by atoms with Crippen LogP contribution in [0.5, 0.6) is 5.75 Å². The van der Waals surface area contributed by atoms with Gasteiger partial charge >= 0.3 is 6.03 Å². The molecule has 4 heterocycles. The van der Waals surface area contributed by atoms with E-state index in [1.54, 1.807) is 23.1 Å². The average Bonchev–Trinajstić information content (AvgIpc) is 3.35. The Labute approximate surface area is 214 Å². The zero-order chi connectivity index (χ0) is 25.8. The van der Waals surface area contributed by atoms with Gasteiger partial charge in [0, 0.05) is 31.8 Å². The van der Waals surface area contributed by atoms with Gasteiger partial charge < -0.3 is 19.8 Å². The molecule has 0 saturated carbocycles. The number of hydrogen-bond acceptors (Lipinski definition) is 8. The molecule has 0 radical (unpaired) electrons. The highest BCUT2D eigenvalue weighted by atomic mass is 16.5. The molecule has 0 aliphatic carbocycles. The van der Waals surface area contributed by atoms with Gasteiger partial charge in [0.25, 0.3) is 0 Å². The number of aliphatic hydroxyl groups is 2. The van der Waals surface area contributed by atoms with Crippen molar-refractivity contribution < 1.29 is 24.5 Å². The van der Waals surface area contributed by atoms with E-state index >= 15 is 0 Å². The topological polar surface area (TPSA) is 128 Å². The lowest BCUT2D eigenvalue weighted by Crippen LogP contribution is -2.48. The second-order valence-electron chi connectivity index (χ2n) is 9.16. The molecule has 10 nitrogen and oxygen atoms in total. The van der Waals surface area contributed by atoms with Gasteiger partial charge in [0.15, 0.2) is 11.6 Å². The first-order chi connectivity index (χ1) is 18.0. The highest BCUT2D eigenvalue weighted by Crippen LogP contribution is 2.39. The summed E-state index contributed by atoms with van der Waals surface area (Å²) in [5.41, 5.74) is 2.25. The highest BCUT2D eigenvalue weighted by molar-refractivity contribution is 6.05. The van der Waals surface area contributed by atoms with E-state index in [9.17, 15) is 14.7 Å². The van der Waals surface area contributed by atoms with Crippen molar-refractivity contribution in [3.8, 4) is 5.75 Å². The number of carbonyl (C=O) groups is 2. The van der Waals surface area contributed by atoms with Crippen molar-refractivity contribution in [2.75, 3.05) is 41.4 Å². The third kappa shape index (κ3) is 5.55. The SMILES string of the molecule is O=C(CCc1ccccc1)c1ccc2c(n1)N(C(=O)Nc1cc(OC[C@H](O)CO)ccn1)[C@H]1CCN2C1. The fraction of sp³-hybridized carbons (Fsp3) is 0.333.